The minimum atomic E-state index is -0.206. The molecule has 2 aliphatic heterocycles. The molecule has 2 aliphatic rings. The van der Waals surface area contributed by atoms with Crippen LogP contribution in [0.25, 0.3) is 0 Å². The Morgan fingerprint density at radius 1 is 0.867 bits per heavy atom. The Morgan fingerprint density at radius 3 is 2.20 bits per heavy atom. The first kappa shape index (κ1) is 20.4. The van der Waals surface area contributed by atoms with Crippen molar-refractivity contribution in [3.63, 3.8) is 0 Å². The molecule has 0 spiro atoms. The van der Waals surface area contributed by atoms with Crippen molar-refractivity contribution in [2.24, 2.45) is 10.7 Å². The second kappa shape index (κ2) is 9.78. The summed E-state index contributed by atoms with van der Waals surface area (Å²) in [4.78, 5) is 16.0. The van der Waals surface area contributed by atoms with E-state index < -0.39 is 0 Å². The topological polar surface area (TPSA) is 61.0 Å². The minimum Gasteiger partial charge on any atom is -0.370 e. The summed E-state index contributed by atoms with van der Waals surface area (Å²) >= 11 is 0. The van der Waals surface area contributed by atoms with Crippen LogP contribution >= 0.6 is 0 Å². The molecule has 0 unspecified atom stereocenters. The van der Waals surface area contributed by atoms with Gasteiger partial charge in [0, 0.05) is 51.2 Å². The zero-order chi connectivity index (χ0) is 20.8. The standard InChI is InChI=1S/C23H31FN6/c24-20-6-8-21(9-7-20)28-13-15-30(16-14-28)23(25)27-18-19-5-10-22(26-17-19)29-11-3-1-2-4-12-29/h5-10,17H,1-4,11-16,18H2,(H2,25,27). The Labute approximate surface area is 178 Å². The molecule has 0 amide bonds. The van der Waals surface area contributed by atoms with Crippen molar-refractivity contribution >= 4 is 17.5 Å². The number of aliphatic imine (C=N–C) groups is 1. The van der Waals surface area contributed by atoms with Gasteiger partial charge in [-0.15, -0.1) is 0 Å². The number of halogens is 1. The monoisotopic (exact) mass is 410 g/mol. The SMILES string of the molecule is NC(=NCc1ccc(N2CCCCCC2)nc1)N1CCN(c2ccc(F)cc2)CC1. The lowest BCUT2D eigenvalue weighted by atomic mass is 10.2. The summed E-state index contributed by atoms with van der Waals surface area (Å²) in [7, 11) is 0. The van der Waals surface area contributed by atoms with E-state index in [0.717, 1.165) is 56.3 Å². The fourth-order valence-electron chi connectivity index (χ4n) is 4.12. The van der Waals surface area contributed by atoms with E-state index in [4.69, 9.17) is 5.73 Å². The number of hydrogen-bond donors (Lipinski definition) is 1. The fraction of sp³-hybridized carbons (Fsp3) is 0.478. The first-order valence-electron chi connectivity index (χ1n) is 10.9. The number of guanidine groups is 1. The highest BCUT2D eigenvalue weighted by Crippen LogP contribution is 2.18. The molecular weight excluding hydrogens is 379 g/mol. The van der Waals surface area contributed by atoms with E-state index in [2.05, 4.69) is 36.8 Å². The van der Waals surface area contributed by atoms with Crippen LogP contribution < -0.4 is 15.5 Å². The number of anilines is 2. The Bertz CT molecular complexity index is 820. The molecular formula is C23H31FN6. The molecule has 1 aromatic carbocycles. The molecule has 4 rings (SSSR count). The zero-order valence-electron chi connectivity index (χ0n) is 17.5. The third-order valence-corrected chi connectivity index (χ3v) is 5.96. The number of piperazine rings is 1. The van der Waals surface area contributed by atoms with E-state index in [1.807, 2.05) is 18.3 Å². The van der Waals surface area contributed by atoms with E-state index in [1.165, 1.54) is 37.8 Å². The van der Waals surface area contributed by atoms with Gasteiger partial charge in [-0.2, -0.15) is 0 Å². The van der Waals surface area contributed by atoms with Gasteiger partial charge >= 0.3 is 0 Å². The summed E-state index contributed by atoms with van der Waals surface area (Å²) in [6.45, 7) is 6.03. The number of nitrogens with two attached hydrogens (primary N) is 1. The molecule has 2 fully saturated rings. The van der Waals surface area contributed by atoms with E-state index in [0.29, 0.717) is 12.5 Å². The lowest BCUT2D eigenvalue weighted by Gasteiger charge is -2.36. The first-order valence-corrected chi connectivity index (χ1v) is 10.9. The van der Waals surface area contributed by atoms with Crippen molar-refractivity contribution in [1.82, 2.24) is 9.88 Å². The van der Waals surface area contributed by atoms with Crippen molar-refractivity contribution < 1.29 is 4.39 Å². The molecule has 0 saturated carbocycles. The van der Waals surface area contributed by atoms with Crippen LogP contribution in [-0.2, 0) is 6.54 Å². The number of nitrogens with zero attached hydrogens (tertiary/aromatic N) is 5. The minimum absolute atomic E-state index is 0.206. The maximum atomic E-state index is 13.1. The molecule has 3 heterocycles. The highest BCUT2D eigenvalue weighted by atomic mass is 19.1. The van der Waals surface area contributed by atoms with Crippen LogP contribution in [-0.4, -0.2) is 55.1 Å². The van der Waals surface area contributed by atoms with Crippen molar-refractivity contribution in [2.75, 3.05) is 49.1 Å². The molecule has 0 bridgehead atoms. The smallest absolute Gasteiger partial charge is 0.191 e. The molecule has 1 aromatic heterocycles. The summed E-state index contributed by atoms with van der Waals surface area (Å²) in [6, 6.07) is 10.9. The quantitative estimate of drug-likeness (QED) is 0.619. The Hall–Kier alpha value is -2.83. The molecule has 30 heavy (non-hydrogen) atoms. The second-order valence-electron chi connectivity index (χ2n) is 8.05. The van der Waals surface area contributed by atoms with Gasteiger partial charge in [0.05, 0.1) is 6.54 Å². The second-order valence-corrected chi connectivity index (χ2v) is 8.05. The third-order valence-electron chi connectivity index (χ3n) is 5.96. The van der Waals surface area contributed by atoms with E-state index in [-0.39, 0.29) is 5.82 Å². The molecule has 7 heteroatoms. The third kappa shape index (κ3) is 5.20. The first-order chi connectivity index (χ1) is 14.7. The van der Waals surface area contributed by atoms with Crippen LogP contribution in [0.5, 0.6) is 0 Å². The molecule has 160 valence electrons. The molecule has 0 radical (unpaired) electrons. The van der Waals surface area contributed by atoms with Gasteiger partial charge in [-0.1, -0.05) is 18.9 Å². The van der Waals surface area contributed by atoms with Crippen molar-refractivity contribution in [3.8, 4) is 0 Å². The van der Waals surface area contributed by atoms with Crippen LogP contribution in [0.15, 0.2) is 47.6 Å². The average molecular weight is 411 g/mol. The molecule has 0 atom stereocenters. The maximum absolute atomic E-state index is 13.1. The van der Waals surface area contributed by atoms with Gasteiger partial charge in [0.1, 0.15) is 11.6 Å². The van der Waals surface area contributed by atoms with E-state index >= 15 is 0 Å². The van der Waals surface area contributed by atoms with Gasteiger partial charge in [-0.05, 0) is 48.7 Å². The van der Waals surface area contributed by atoms with Gasteiger partial charge in [0.25, 0.3) is 0 Å². The molecule has 6 nitrogen and oxygen atoms in total. The predicted molar refractivity (Wildman–Crippen MR) is 120 cm³/mol. The van der Waals surface area contributed by atoms with E-state index in [9.17, 15) is 4.39 Å². The molecule has 2 aromatic rings. The zero-order valence-corrected chi connectivity index (χ0v) is 17.5. The number of aromatic nitrogens is 1. The summed E-state index contributed by atoms with van der Waals surface area (Å²) in [6.07, 6.45) is 7.06. The van der Waals surface area contributed by atoms with Gasteiger partial charge in [-0.25, -0.2) is 14.4 Å². The van der Waals surface area contributed by atoms with E-state index in [1.54, 1.807) is 0 Å². The lowest BCUT2D eigenvalue weighted by Crippen LogP contribution is -2.51. The summed E-state index contributed by atoms with van der Waals surface area (Å²) < 4.78 is 13.1. The van der Waals surface area contributed by atoms with Crippen LogP contribution in [0.4, 0.5) is 15.9 Å². The normalized spacial score (nSPS) is 18.4. The molecule has 2 N–H and O–H groups in total. The van der Waals surface area contributed by atoms with Crippen molar-refractivity contribution in [2.45, 2.75) is 32.2 Å². The average Bonchev–Trinajstić information content (AvgIpc) is 3.08. The van der Waals surface area contributed by atoms with Crippen molar-refractivity contribution in [3.05, 3.63) is 54.0 Å². The number of benzene rings is 1. The number of rotatable bonds is 4. The molecule has 0 aliphatic carbocycles. The summed E-state index contributed by atoms with van der Waals surface area (Å²) in [5.41, 5.74) is 8.36. The number of hydrogen-bond acceptors (Lipinski definition) is 4. The van der Waals surface area contributed by atoms with Crippen molar-refractivity contribution in [1.29, 1.82) is 0 Å². The predicted octanol–water partition coefficient (Wildman–Crippen LogP) is 3.24. The number of pyridine rings is 1. The lowest BCUT2D eigenvalue weighted by molar-refractivity contribution is 0.380. The van der Waals surface area contributed by atoms with Gasteiger partial charge in [-0.3, -0.25) is 0 Å². The fourth-order valence-corrected chi connectivity index (χ4v) is 4.12. The van der Waals surface area contributed by atoms with Crippen LogP contribution in [0.2, 0.25) is 0 Å². The van der Waals surface area contributed by atoms with Gasteiger partial charge in [0.15, 0.2) is 5.96 Å². The summed E-state index contributed by atoms with van der Waals surface area (Å²) in [5, 5.41) is 0. The van der Waals surface area contributed by atoms with Gasteiger partial charge < -0.3 is 20.4 Å². The maximum Gasteiger partial charge on any atom is 0.191 e. The van der Waals surface area contributed by atoms with Crippen LogP contribution in [0, 0.1) is 5.82 Å². The van der Waals surface area contributed by atoms with Gasteiger partial charge in [0.2, 0.25) is 0 Å². The Balaban J connectivity index is 1.28. The van der Waals surface area contributed by atoms with Crippen LogP contribution in [0.3, 0.4) is 0 Å². The highest BCUT2D eigenvalue weighted by Gasteiger charge is 2.18. The highest BCUT2D eigenvalue weighted by molar-refractivity contribution is 5.78. The largest absolute Gasteiger partial charge is 0.370 e. The summed E-state index contributed by atoms with van der Waals surface area (Å²) in [5.74, 6) is 1.43. The molecule has 2 saturated heterocycles. The van der Waals surface area contributed by atoms with Crippen LogP contribution in [0.1, 0.15) is 31.2 Å². The Kier molecular flexibility index (Phi) is 6.67. The Morgan fingerprint density at radius 2 is 1.57 bits per heavy atom.